The highest BCUT2D eigenvalue weighted by molar-refractivity contribution is 6.32. The molecule has 0 amide bonds. The third-order valence-corrected chi connectivity index (χ3v) is 7.39. The first kappa shape index (κ1) is 24.8. The Morgan fingerprint density at radius 2 is 1.57 bits per heavy atom. The minimum Gasteiger partial charge on any atom is -0.394 e. The fourth-order valence-electron chi connectivity index (χ4n) is 4.86. The number of allylic oxidation sites excluding steroid dienone is 1. The molecule has 0 aromatic heterocycles. The Morgan fingerprint density at radius 3 is 2.20 bits per heavy atom. The highest BCUT2D eigenvalue weighted by Crippen LogP contribution is 2.67. The first-order valence-electron chi connectivity index (χ1n) is 11.4. The Bertz CT molecular complexity index is 1320. The van der Waals surface area contributed by atoms with Crippen molar-refractivity contribution in [1.82, 2.24) is 0 Å². The second-order valence-corrected chi connectivity index (χ2v) is 10.3. The van der Waals surface area contributed by atoms with E-state index in [0.29, 0.717) is 22.2 Å². The first-order valence-corrected chi connectivity index (χ1v) is 11.8. The van der Waals surface area contributed by atoms with Gasteiger partial charge in [-0.15, -0.1) is 0 Å². The zero-order valence-electron chi connectivity index (χ0n) is 20.4. The molecule has 1 aliphatic rings. The number of hydrogen-bond acceptors (Lipinski definition) is 3. The van der Waals surface area contributed by atoms with Crippen molar-refractivity contribution >= 4 is 34.4 Å². The van der Waals surface area contributed by atoms with E-state index in [1.54, 1.807) is 6.07 Å². The third-order valence-electron chi connectivity index (χ3n) is 7.06. The van der Waals surface area contributed by atoms with Crippen molar-refractivity contribution in [1.29, 1.82) is 0 Å². The van der Waals surface area contributed by atoms with E-state index in [1.165, 1.54) is 16.7 Å². The highest BCUT2D eigenvalue weighted by Gasteiger charge is 2.59. The largest absolute Gasteiger partial charge is 0.394 e. The van der Waals surface area contributed by atoms with Crippen molar-refractivity contribution in [3.63, 3.8) is 0 Å². The van der Waals surface area contributed by atoms with Crippen LogP contribution in [0.15, 0.2) is 67.4 Å². The van der Waals surface area contributed by atoms with E-state index in [1.807, 2.05) is 12.1 Å². The summed E-state index contributed by atoms with van der Waals surface area (Å²) in [5.74, 6) is -1.04. The minimum absolute atomic E-state index is 0.0789. The van der Waals surface area contributed by atoms with E-state index >= 15 is 0 Å². The quantitative estimate of drug-likeness (QED) is 0.290. The maximum atomic E-state index is 13.8. The molecule has 3 nitrogen and oxygen atoms in total. The van der Waals surface area contributed by atoms with Crippen molar-refractivity contribution in [3.8, 4) is 0 Å². The number of aryl methyl sites for hydroxylation is 2. The number of rotatable bonds is 7. The van der Waals surface area contributed by atoms with Gasteiger partial charge in [-0.05, 0) is 72.2 Å². The highest BCUT2D eigenvalue weighted by atomic mass is 35.5. The normalized spacial score (nSPS) is 18.1. The van der Waals surface area contributed by atoms with Crippen molar-refractivity contribution in [2.75, 3.05) is 16.4 Å². The minimum atomic E-state index is -0.844. The summed E-state index contributed by atoms with van der Waals surface area (Å²) in [6.45, 7) is 17.1. The van der Waals surface area contributed by atoms with Gasteiger partial charge < -0.3 is 16.4 Å². The molecule has 0 spiro atoms. The maximum absolute atomic E-state index is 13.8. The molecule has 4 N–H and O–H groups in total. The summed E-state index contributed by atoms with van der Waals surface area (Å²) in [5.41, 5.74) is 11.7. The molecular weight excluding hydrogens is 464 g/mol. The molecule has 0 saturated heterocycles. The van der Waals surface area contributed by atoms with Crippen molar-refractivity contribution in [3.05, 3.63) is 106 Å². The van der Waals surface area contributed by atoms with Crippen LogP contribution in [-0.2, 0) is 0 Å². The summed E-state index contributed by atoms with van der Waals surface area (Å²) in [6, 6.07) is 14.3. The summed E-state index contributed by atoms with van der Waals surface area (Å²) >= 11 is 6.41. The van der Waals surface area contributed by atoms with Crippen LogP contribution in [-0.4, -0.2) is 0 Å². The van der Waals surface area contributed by atoms with Gasteiger partial charge in [0.2, 0.25) is 0 Å². The molecule has 1 aliphatic carbocycles. The summed E-state index contributed by atoms with van der Waals surface area (Å²) in [7, 11) is 0. The average Bonchev–Trinajstić information content (AvgIpc) is 3.37. The third kappa shape index (κ3) is 4.78. The Labute approximate surface area is 210 Å². The molecule has 1 saturated carbocycles. The Morgan fingerprint density at radius 1 is 0.914 bits per heavy atom. The van der Waals surface area contributed by atoms with E-state index < -0.39 is 17.3 Å². The molecule has 4 rings (SSSR count). The molecule has 35 heavy (non-hydrogen) atoms. The lowest BCUT2D eigenvalue weighted by molar-refractivity contribution is 0.585. The fraction of sp³-hybridized carbons (Fsp3) is 0.241. The standard InChI is InChI=1S/C29H30ClF2N3/c1-15-7-8-19(11-16(15)2)27-26(29(27,5)6)18(4)35-20-9-10-23(30)22(12-20)17(3)34-21-13-24(31)28(33)25(32)14-21/h7-14,26-27,34-35H,3-4,33H2,1-2,5-6H3. The van der Waals surface area contributed by atoms with E-state index in [9.17, 15) is 8.78 Å². The Hall–Kier alpha value is -3.31. The smallest absolute Gasteiger partial charge is 0.151 e. The lowest BCUT2D eigenvalue weighted by Crippen LogP contribution is -2.05. The fourth-order valence-corrected chi connectivity index (χ4v) is 5.10. The van der Waals surface area contributed by atoms with Gasteiger partial charge >= 0.3 is 0 Å². The van der Waals surface area contributed by atoms with Crippen molar-refractivity contribution < 1.29 is 8.78 Å². The summed E-state index contributed by atoms with van der Waals surface area (Å²) in [5, 5.41) is 6.80. The van der Waals surface area contributed by atoms with Crippen molar-refractivity contribution in [2.24, 2.45) is 11.3 Å². The second kappa shape index (κ2) is 9.04. The molecule has 2 unspecified atom stereocenters. The molecule has 0 bridgehead atoms. The number of nitrogen functional groups attached to an aromatic ring is 1. The lowest BCUT2D eigenvalue weighted by atomic mass is 9.99. The molecule has 0 aliphatic heterocycles. The molecule has 3 aromatic carbocycles. The number of halogens is 3. The molecule has 2 atom stereocenters. The van der Waals surface area contributed by atoms with Crippen molar-refractivity contribution in [2.45, 2.75) is 33.6 Å². The van der Waals surface area contributed by atoms with Crippen LogP contribution in [0.2, 0.25) is 5.02 Å². The van der Waals surface area contributed by atoms with Gasteiger partial charge in [0, 0.05) is 34.3 Å². The van der Waals surface area contributed by atoms with Gasteiger partial charge in [0.1, 0.15) is 5.69 Å². The topological polar surface area (TPSA) is 50.1 Å². The van der Waals surface area contributed by atoms with E-state index in [2.05, 4.69) is 69.7 Å². The van der Waals surface area contributed by atoms with Gasteiger partial charge in [-0.2, -0.15) is 0 Å². The first-order chi connectivity index (χ1) is 16.4. The van der Waals surface area contributed by atoms with Gasteiger partial charge in [-0.3, -0.25) is 0 Å². The van der Waals surface area contributed by atoms with Gasteiger partial charge in [-0.1, -0.05) is 56.8 Å². The predicted molar refractivity (Wildman–Crippen MR) is 144 cm³/mol. The molecule has 182 valence electrons. The van der Waals surface area contributed by atoms with E-state index in [-0.39, 0.29) is 17.0 Å². The van der Waals surface area contributed by atoms with Crippen LogP contribution in [0.25, 0.3) is 5.70 Å². The summed E-state index contributed by atoms with van der Waals surface area (Å²) < 4.78 is 27.7. The Kier molecular flexibility index (Phi) is 6.41. The zero-order chi connectivity index (χ0) is 25.7. The predicted octanol–water partition coefficient (Wildman–Crippen LogP) is 8.27. The molecule has 0 heterocycles. The van der Waals surface area contributed by atoms with Crippen LogP contribution in [0.3, 0.4) is 0 Å². The Balaban J connectivity index is 1.51. The van der Waals surface area contributed by atoms with Crippen LogP contribution in [0.1, 0.15) is 42.0 Å². The van der Waals surface area contributed by atoms with Crippen LogP contribution in [0, 0.1) is 36.8 Å². The van der Waals surface area contributed by atoms with Gasteiger partial charge in [-0.25, -0.2) is 8.78 Å². The van der Waals surface area contributed by atoms with Crippen LogP contribution in [0.5, 0.6) is 0 Å². The average molecular weight is 494 g/mol. The monoisotopic (exact) mass is 493 g/mol. The lowest BCUT2D eigenvalue weighted by Gasteiger charge is -2.16. The zero-order valence-corrected chi connectivity index (χ0v) is 21.2. The molecule has 0 radical (unpaired) electrons. The SMILES string of the molecule is C=C(Nc1cc(F)c(N)c(F)c1)c1cc(NC(=C)C2C(c3ccc(C)c(C)c3)C2(C)C)ccc1Cl. The van der Waals surface area contributed by atoms with Gasteiger partial charge in [0.25, 0.3) is 0 Å². The molecule has 3 aromatic rings. The van der Waals surface area contributed by atoms with Crippen LogP contribution >= 0.6 is 11.6 Å². The number of anilines is 3. The summed E-state index contributed by atoms with van der Waals surface area (Å²) in [4.78, 5) is 0. The number of nitrogens with two attached hydrogens (primary N) is 1. The maximum Gasteiger partial charge on any atom is 0.151 e. The number of nitrogens with one attached hydrogen (secondary N) is 2. The molecule has 6 heteroatoms. The second-order valence-electron chi connectivity index (χ2n) is 9.92. The van der Waals surface area contributed by atoms with Crippen LogP contribution in [0.4, 0.5) is 25.8 Å². The number of hydrogen-bond donors (Lipinski definition) is 3. The van der Waals surface area contributed by atoms with Crippen LogP contribution < -0.4 is 16.4 Å². The molecular formula is C29H30ClF2N3. The van der Waals surface area contributed by atoms with Gasteiger partial charge in [0.05, 0.1) is 5.02 Å². The van der Waals surface area contributed by atoms with E-state index in [0.717, 1.165) is 23.5 Å². The van der Waals surface area contributed by atoms with Gasteiger partial charge in [0.15, 0.2) is 11.6 Å². The summed E-state index contributed by atoms with van der Waals surface area (Å²) in [6.07, 6.45) is 0. The van der Waals surface area contributed by atoms with E-state index in [4.69, 9.17) is 17.3 Å². The molecule has 1 fully saturated rings. The number of benzene rings is 3.